The third-order valence-corrected chi connectivity index (χ3v) is 4.86. The van der Waals surface area contributed by atoms with Crippen LogP contribution >= 0.6 is 0 Å². The molecule has 1 saturated heterocycles. The van der Waals surface area contributed by atoms with E-state index in [4.69, 9.17) is 0 Å². The molecule has 142 valence electrons. The van der Waals surface area contributed by atoms with E-state index in [1.807, 2.05) is 31.2 Å². The minimum atomic E-state index is -0.504. The number of pyridine rings is 1. The summed E-state index contributed by atoms with van der Waals surface area (Å²) in [5.74, 6) is -1.05. The lowest BCUT2D eigenvalue weighted by Crippen LogP contribution is -2.37. The molecular weight excluding hydrogens is 361 g/mol. The fourth-order valence-electron chi connectivity index (χ4n) is 3.46. The average Bonchev–Trinajstić information content (AvgIpc) is 3.01. The normalized spacial score (nSPS) is 16.6. The number of benzene rings is 2. The van der Waals surface area contributed by atoms with Gasteiger partial charge >= 0.3 is 0 Å². The molecule has 4 rings (SSSR count). The number of nitrogens with zero attached hydrogens (tertiary/aromatic N) is 1. The van der Waals surface area contributed by atoms with Crippen molar-refractivity contribution in [1.82, 2.24) is 10.3 Å². The maximum absolute atomic E-state index is 13.4. The van der Waals surface area contributed by atoms with Crippen LogP contribution < -0.4 is 15.8 Å². The number of rotatable bonds is 3. The van der Waals surface area contributed by atoms with E-state index in [0.717, 1.165) is 11.3 Å². The Morgan fingerprint density at radius 2 is 1.89 bits per heavy atom. The zero-order chi connectivity index (χ0) is 19.8. The third-order valence-electron chi connectivity index (χ3n) is 4.86. The summed E-state index contributed by atoms with van der Waals surface area (Å²) < 4.78 is 13.4. The minimum absolute atomic E-state index is 0.0769. The predicted octanol–water partition coefficient (Wildman–Crippen LogP) is 2.51. The number of carbonyl (C=O) groups is 2. The van der Waals surface area contributed by atoms with Gasteiger partial charge in [0.2, 0.25) is 11.5 Å². The van der Waals surface area contributed by atoms with Crippen molar-refractivity contribution in [3.63, 3.8) is 0 Å². The highest BCUT2D eigenvalue weighted by atomic mass is 19.1. The molecule has 2 aromatic carbocycles. The second kappa shape index (κ2) is 6.92. The number of nitrogens with one attached hydrogen (secondary N) is 2. The number of hydrogen-bond donors (Lipinski definition) is 2. The van der Waals surface area contributed by atoms with E-state index >= 15 is 0 Å². The third kappa shape index (κ3) is 3.38. The molecular formula is C21H18FN3O3. The molecule has 6 nitrogen and oxygen atoms in total. The van der Waals surface area contributed by atoms with E-state index in [9.17, 15) is 18.8 Å². The molecule has 1 aromatic heterocycles. The van der Waals surface area contributed by atoms with Gasteiger partial charge in [0, 0.05) is 30.1 Å². The number of aromatic amines is 1. The number of aromatic nitrogens is 1. The van der Waals surface area contributed by atoms with Gasteiger partial charge in [-0.1, -0.05) is 17.7 Å². The Morgan fingerprint density at radius 1 is 1.14 bits per heavy atom. The minimum Gasteiger partial charge on any atom is -0.347 e. The first-order chi connectivity index (χ1) is 13.4. The molecule has 2 heterocycles. The molecule has 3 aromatic rings. The Hall–Kier alpha value is -3.48. The van der Waals surface area contributed by atoms with E-state index < -0.39 is 17.3 Å². The number of amides is 2. The molecule has 0 aliphatic carbocycles. The van der Waals surface area contributed by atoms with Gasteiger partial charge in [0.25, 0.3) is 5.91 Å². The number of hydrogen-bond acceptors (Lipinski definition) is 3. The zero-order valence-electron chi connectivity index (χ0n) is 15.2. The van der Waals surface area contributed by atoms with Gasteiger partial charge in [-0.05, 0) is 37.3 Å². The Kier molecular flexibility index (Phi) is 4.43. The van der Waals surface area contributed by atoms with Crippen LogP contribution in [0.1, 0.15) is 22.3 Å². The number of carbonyl (C=O) groups excluding carboxylic acids is 2. The molecule has 0 spiro atoms. The van der Waals surface area contributed by atoms with Crippen molar-refractivity contribution in [3.05, 3.63) is 75.8 Å². The lowest BCUT2D eigenvalue weighted by atomic mass is 10.1. The molecule has 0 bridgehead atoms. The van der Waals surface area contributed by atoms with Crippen LogP contribution in [-0.4, -0.2) is 29.4 Å². The van der Waals surface area contributed by atoms with Crippen LogP contribution in [0, 0.1) is 12.7 Å². The summed E-state index contributed by atoms with van der Waals surface area (Å²) in [6.07, 6.45) is 0.176. The first-order valence-electron chi connectivity index (χ1n) is 8.91. The smallest absolute Gasteiger partial charge is 0.252 e. The number of aryl methyl sites for hydroxylation is 1. The van der Waals surface area contributed by atoms with Gasteiger partial charge in [0.1, 0.15) is 5.82 Å². The standard InChI is InChI=1S/C21H18FN3O3/c1-12-2-5-15(6-3-12)25-11-14(9-20(25)27)23-21(28)17-10-19(26)24-18-8-13(22)4-7-16(17)18/h2-8,10,14H,9,11H2,1H3,(H,23,28)(H,24,26)/t14-/m1/s1. The van der Waals surface area contributed by atoms with Crippen LogP contribution in [0.5, 0.6) is 0 Å². The fourth-order valence-corrected chi connectivity index (χ4v) is 3.46. The zero-order valence-corrected chi connectivity index (χ0v) is 15.2. The predicted molar refractivity (Wildman–Crippen MR) is 104 cm³/mol. The Balaban J connectivity index is 1.56. The molecule has 1 aliphatic heterocycles. The van der Waals surface area contributed by atoms with Gasteiger partial charge in [-0.15, -0.1) is 0 Å². The number of H-pyrrole nitrogens is 1. The van der Waals surface area contributed by atoms with Crippen molar-refractivity contribution in [2.45, 2.75) is 19.4 Å². The summed E-state index contributed by atoms with van der Waals surface area (Å²) in [5, 5.41) is 3.27. The summed E-state index contributed by atoms with van der Waals surface area (Å²) in [5.41, 5.74) is 1.79. The molecule has 1 fully saturated rings. The molecule has 0 unspecified atom stereocenters. The lowest BCUT2D eigenvalue weighted by Gasteiger charge is -2.17. The number of halogens is 1. The van der Waals surface area contributed by atoms with Gasteiger partial charge in [-0.25, -0.2) is 4.39 Å². The lowest BCUT2D eigenvalue weighted by molar-refractivity contribution is -0.117. The summed E-state index contributed by atoms with van der Waals surface area (Å²) >= 11 is 0. The molecule has 28 heavy (non-hydrogen) atoms. The topological polar surface area (TPSA) is 82.3 Å². The van der Waals surface area contributed by atoms with Gasteiger partial charge in [0.05, 0.1) is 17.1 Å². The van der Waals surface area contributed by atoms with Crippen LogP contribution in [-0.2, 0) is 4.79 Å². The first kappa shape index (κ1) is 17.9. The van der Waals surface area contributed by atoms with E-state index in [2.05, 4.69) is 10.3 Å². The highest BCUT2D eigenvalue weighted by Crippen LogP contribution is 2.23. The van der Waals surface area contributed by atoms with Gasteiger partial charge in [0.15, 0.2) is 0 Å². The SMILES string of the molecule is Cc1ccc(N2C[C@H](NC(=O)c3cc(=O)[nH]c4cc(F)ccc34)CC2=O)cc1. The van der Waals surface area contributed by atoms with Crippen LogP contribution in [0.4, 0.5) is 10.1 Å². The molecule has 0 radical (unpaired) electrons. The number of anilines is 1. The van der Waals surface area contributed by atoms with Gasteiger partial charge in [-0.3, -0.25) is 14.4 Å². The fraction of sp³-hybridized carbons (Fsp3) is 0.190. The van der Waals surface area contributed by atoms with Crippen LogP contribution in [0.3, 0.4) is 0 Å². The van der Waals surface area contributed by atoms with Crippen LogP contribution in [0.2, 0.25) is 0 Å². The van der Waals surface area contributed by atoms with Crippen molar-refractivity contribution in [2.24, 2.45) is 0 Å². The molecule has 1 aliphatic rings. The Bertz CT molecular complexity index is 1140. The molecule has 7 heteroatoms. The number of fused-ring (bicyclic) bond motifs is 1. The molecule has 1 atom stereocenters. The molecule has 0 saturated carbocycles. The average molecular weight is 379 g/mol. The van der Waals surface area contributed by atoms with Gasteiger partial charge < -0.3 is 15.2 Å². The summed E-state index contributed by atoms with van der Waals surface area (Å²) in [7, 11) is 0. The van der Waals surface area contributed by atoms with Crippen molar-refractivity contribution >= 4 is 28.4 Å². The van der Waals surface area contributed by atoms with E-state index in [1.54, 1.807) is 4.90 Å². The monoisotopic (exact) mass is 379 g/mol. The largest absolute Gasteiger partial charge is 0.347 e. The highest BCUT2D eigenvalue weighted by Gasteiger charge is 2.32. The Morgan fingerprint density at radius 3 is 2.64 bits per heavy atom. The molecule has 2 amide bonds. The summed E-state index contributed by atoms with van der Waals surface area (Å²) in [6.45, 7) is 2.32. The van der Waals surface area contributed by atoms with Crippen LogP contribution in [0.15, 0.2) is 53.3 Å². The summed E-state index contributed by atoms with van der Waals surface area (Å²) in [6, 6.07) is 12.3. The maximum atomic E-state index is 13.4. The summed E-state index contributed by atoms with van der Waals surface area (Å²) in [4.78, 5) is 41.1. The van der Waals surface area contributed by atoms with E-state index in [0.29, 0.717) is 11.9 Å². The van der Waals surface area contributed by atoms with E-state index in [-0.39, 0.29) is 29.4 Å². The highest BCUT2D eigenvalue weighted by molar-refractivity contribution is 6.06. The van der Waals surface area contributed by atoms with Crippen molar-refractivity contribution in [3.8, 4) is 0 Å². The maximum Gasteiger partial charge on any atom is 0.252 e. The van der Waals surface area contributed by atoms with E-state index in [1.165, 1.54) is 24.3 Å². The quantitative estimate of drug-likeness (QED) is 0.734. The van der Waals surface area contributed by atoms with Crippen molar-refractivity contribution < 1.29 is 14.0 Å². The van der Waals surface area contributed by atoms with Crippen molar-refractivity contribution in [1.29, 1.82) is 0 Å². The van der Waals surface area contributed by atoms with Crippen molar-refractivity contribution in [2.75, 3.05) is 11.4 Å². The second-order valence-electron chi connectivity index (χ2n) is 6.95. The first-order valence-corrected chi connectivity index (χ1v) is 8.91. The molecule has 2 N–H and O–H groups in total. The van der Waals surface area contributed by atoms with Crippen LogP contribution in [0.25, 0.3) is 10.9 Å². The van der Waals surface area contributed by atoms with Gasteiger partial charge in [-0.2, -0.15) is 0 Å². The second-order valence-corrected chi connectivity index (χ2v) is 6.95. The Labute approximate surface area is 160 Å².